The third-order valence-corrected chi connectivity index (χ3v) is 4.77. The molecule has 3 aromatic carbocycles. The van der Waals surface area contributed by atoms with Crippen molar-refractivity contribution in [3.63, 3.8) is 0 Å². The highest BCUT2D eigenvalue weighted by Gasteiger charge is 2.21. The summed E-state index contributed by atoms with van der Waals surface area (Å²) in [4.78, 5) is 12.6. The molecular formula is C23H21NO2. The van der Waals surface area contributed by atoms with Gasteiger partial charge >= 0.3 is 0 Å². The zero-order chi connectivity index (χ0) is 17.8. The van der Waals surface area contributed by atoms with E-state index in [9.17, 15) is 4.79 Å². The molecule has 0 heterocycles. The van der Waals surface area contributed by atoms with Crippen LogP contribution in [0, 0.1) is 0 Å². The second-order valence-electron chi connectivity index (χ2n) is 6.56. The number of carbonyl (C=O) groups excluding carboxylic acids is 1. The van der Waals surface area contributed by atoms with Crippen LogP contribution in [0.2, 0.25) is 0 Å². The lowest BCUT2D eigenvalue weighted by atomic mass is 9.87. The summed E-state index contributed by atoms with van der Waals surface area (Å²) in [5.74, 6) is 1.46. The van der Waals surface area contributed by atoms with Gasteiger partial charge in [0, 0.05) is 5.56 Å². The number of ether oxygens (including phenoxy) is 1. The van der Waals surface area contributed by atoms with Gasteiger partial charge in [0.2, 0.25) is 0 Å². The number of para-hydroxylation sites is 1. The molecule has 130 valence electrons. The normalized spacial score (nSPS) is 15.8. The minimum atomic E-state index is -0.0436. The summed E-state index contributed by atoms with van der Waals surface area (Å²) in [7, 11) is 0. The van der Waals surface area contributed by atoms with Crippen molar-refractivity contribution >= 4 is 5.91 Å². The van der Waals surface area contributed by atoms with Crippen LogP contribution in [0.3, 0.4) is 0 Å². The summed E-state index contributed by atoms with van der Waals surface area (Å²) in [5, 5.41) is 3.18. The highest BCUT2D eigenvalue weighted by molar-refractivity contribution is 5.94. The Labute approximate surface area is 153 Å². The van der Waals surface area contributed by atoms with Gasteiger partial charge < -0.3 is 10.1 Å². The number of fused-ring (bicyclic) bond motifs is 1. The molecule has 1 atom stereocenters. The van der Waals surface area contributed by atoms with Crippen LogP contribution >= 0.6 is 0 Å². The van der Waals surface area contributed by atoms with Crippen molar-refractivity contribution in [2.45, 2.75) is 25.3 Å². The summed E-state index contributed by atoms with van der Waals surface area (Å²) < 4.78 is 5.78. The molecule has 0 radical (unpaired) electrons. The summed E-state index contributed by atoms with van der Waals surface area (Å²) in [6.45, 7) is 0. The summed E-state index contributed by atoms with van der Waals surface area (Å²) >= 11 is 0. The average Bonchev–Trinajstić information content (AvgIpc) is 2.70. The lowest BCUT2D eigenvalue weighted by Gasteiger charge is -2.26. The van der Waals surface area contributed by atoms with E-state index >= 15 is 0 Å². The Bertz CT molecular complexity index is 888. The molecule has 3 nitrogen and oxygen atoms in total. The fourth-order valence-corrected chi connectivity index (χ4v) is 3.44. The van der Waals surface area contributed by atoms with Gasteiger partial charge in [-0.05, 0) is 66.8 Å². The summed E-state index contributed by atoms with van der Waals surface area (Å²) in [6, 6.07) is 25.4. The molecule has 0 unspecified atom stereocenters. The standard InChI is InChI=1S/C23H21NO2/c25-23(24-22-12-6-8-17-7-4-5-11-21(17)22)18-13-15-20(16-14-18)26-19-9-2-1-3-10-19/h1-5,7,9-11,13-16,22H,6,8,12H2,(H,24,25)/t22-/m0/s1. The lowest BCUT2D eigenvalue weighted by Crippen LogP contribution is -2.30. The van der Waals surface area contributed by atoms with Crippen molar-refractivity contribution in [1.82, 2.24) is 5.32 Å². The molecule has 1 N–H and O–H groups in total. The number of rotatable bonds is 4. The van der Waals surface area contributed by atoms with Crippen molar-refractivity contribution in [3.05, 3.63) is 95.6 Å². The van der Waals surface area contributed by atoms with E-state index in [1.807, 2.05) is 60.7 Å². The second kappa shape index (κ2) is 7.44. The highest BCUT2D eigenvalue weighted by Crippen LogP contribution is 2.30. The van der Waals surface area contributed by atoms with Crippen molar-refractivity contribution in [2.75, 3.05) is 0 Å². The van der Waals surface area contributed by atoms with Gasteiger partial charge in [0.1, 0.15) is 11.5 Å². The number of amides is 1. The van der Waals surface area contributed by atoms with Gasteiger partial charge in [-0.15, -0.1) is 0 Å². The van der Waals surface area contributed by atoms with Gasteiger partial charge in [-0.3, -0.25) is 4.79 Å². The molecule has 1 aliphatic rings. The number of aryl methyl sites for hydroxylation is 1. The quantitative estimate of drug-likeness (QED) is 0.699. The van der Waals surface area contributed by atoms with E-state index in [1.54, 1.807) is 0 Å². The van der Waals surface area contributed by atoms with Crippen LogP contribution in [-0.2, 0) is 6.42 Å². The van der Waals surface area contributed by atoms with Gasteiger partial charge in [0.05, 0.1) is 6.04 Å². The van der Waals surface area contributed by atoms with E-state index in [1.165, 1.54) is 11.1 Å². The van der Waals surface area contributed by atoms with E-state index in [-0.39, 0.29) is 11.9 Å². The Kier molecular flexibility index (Phi) is 4.69. The minimum absolute atomic E-state index is 0.0436. The largest absolute Gasteiger partial charge is 0.457 e. The van der Waals surface area contributed by atoms with Gasteiger partial charge in [-0.25, -0.2) is 0 Å². The van der Waals surface area contributed by atoms with Crippen LogP contribution in [0.25, 0.3) is 0 Å². The predicted octanol–water partition coefficient (Wildman–Crippen LogP) is 5.29. The molecule has 0 spiro atoms. The average molecular weight is 343 g/mol. The first kappa shape index (κ1) is 16.4. The molecule has 3 heteroatoms. The fourth-order valence-electron chi connectivity index (χ4n) is 3.44. The maximum atomic E-state index is 12.6. The number of hydrogen-bond donors (Lipinski definition) is 1. The van der Waals surface area contributed by atoms with Crippen molar-refractivity contribution in [1.29, 1.82) is 0 Å². The Morgan fingerprint density at radius 2 is 1.54 bits per heavy atom. The highest BCUT2D eigenvalue weighted by atomic mass is 16.5. The predicted molar refractivity (Wildman–Crippen MR) is 103 cm³/mol. The maximum Gasteiger partial charge on any atom is 0.251 e. The zero-order valence-corrected chi connectivity index (χ0v) is 14.5. The molecule has 1 aliphatic carbocycles. The second-order valence-corrected chi connectivity index (χ2v) is 6.56. The molecule has 4 rings (SSSR count). The molecule has 0 aliphatic heterocycles. The number of benzene rings is 3. The first-order valence-electron chi connectivity index (χ1n) is 9.01. The molecule has 0 fully saturated rings. The van der Waals surface area contributed by atoms with E-state index in [0.717, 1.165) is 30.8 Å². The van der Waals surface area contributed by atoms with Crippen molar-refractivity contribution < 1.29 is 9.53 Å². The Balaban J connectivity index is 1.44. The monoisotopic (exact) mass is 343 g/mol. The molecule has 3 aromatic rings. The molecular weight excluding hydrogens is 322 g/mol. The third kappa shape index (κ3) is 3.62. The SMILES string of the molecule is O=C(N[C@H]1CCCc2ccccc21)c1ccc(Oc2ccccc2)cc1. The molecule has 1 amide bonds. The Morgan fingerprint density at radius 3 is 2.35 bits per heavy atom. The summed E-state index contributed by atoms with van der Waals surface area (Å²) in [5.41, 5.74) is 3.24. The van der Waals surface area contributed by atoms with Gasteiger partial charge in [-0.1, -0.05) is 42.5 Å². The fraction of sp³-hybridized carbons (Fsp3) is 0.174. The minimum Gasteiger partial charge on any atom is -0.457 e. The number of hydrogen-bond acceptors (Lipinski definition) is 2. The first-order chi connectivity index (χ1) is 12.8. The smallest absolute Gasteiger partial charge is 0.251 e. The molecule has 26 heavy (non-hydrogen) atoms. The van der Waals surface area contributed by atoms with Gasteiger partial charge in [0.25, 0.3) is 5.91 Å². The van der Waals surface area contributed by atoms with Crippen LogP contribution in [-0.4, -0.2) is 5.91 Å². The van der Waals surface area contributed by atoms with Crippen LogP contribution in [0.1, 0.15) is 40.4 Å². The topological polar surface area (TPSA) is 38.3 Å². The van der Waals surface area contributed by atoms with E-state index < -0.39 is 0 Å². The number of carbonyl (C=O) groups is 1. The maximum absolute atomic E-state index is 12.6. The molecule has 0 saturated heterocycles. The van der Waals surface area contributed by atoms with Crippen LogP contribution < -0.4 is 10.1 Å². The van der Waals surface area contributed by atoms with E-state index in [0.29, 0.717) is 5.56 Å². The Hall–Kier alpha value is -3.07. The van der Waals surface area contributed by atoms with Crippen molar-refractivity contribution in [2.24, 2.45) is 0 Å². The first-order valence-corrected chi connectivity index (χ1v) is 9.01. The van der Waals surface area contributed by atoms with Crippen molar-refractivity contribution in [3.8, 4) is 11.5 Å². The lowest BCUT2D eigenvalue weighted by molar-refractivity contribution is 0.0932. The zero-order valence-electron chi connectivity index (χ0n) is 14.5. The van der Waals surface area contributed by atoms with Crippen LogP contribution in [0.4, 0.5) is 0 Å². The third-order valence-electron chi connectivity index (χ3n) is 4.77. The van der Waals surface area contributed by atoms with E-state index in [2.05, 4.69) is 23.5 Å². The molecule has 0 saturated carbocycles. The van der Waals surface area contributed by atoms with Gasteiger partial charge in [0.15, 0.2) is 0 Å². The molecule has 0 aromatic heterocycles. The summed E-state index contributed by atoms with van der Waals surface area (Å²) in [6.07, 6.45) is 3.18. The van der Waals surface area contributed by atoms with Gasteiger partial charge in [-0.2, -0.15) is 0 Å². The Morgan fingerprint density at radius 1 is 0.846 bits per heavy atom. The van der Waals surface area contributed by atoms with Crippen LogP contribution in [0.5, 0.6) is 11.5 Å². The number of nitrogens with one attached hydrogen (secondary N) is 1. The molecule has 0 bridgehead atoms. The van der Waals surface area contributed by atoms with E-state index in [4.69, 9.17) is 4.74 Å². The van der Waals surface area contributed by atoms with Crippen LogP contribution in [0.15, 0.2) is 78.9 Å².